The van der Waals surface area contributed by atoms with Crippen LogP contribution in [0, 0.1) is 0 Å². The molecule has 0 rings (SSSR count). The number of nitrogens with one attached hydrogen (secondary N) is 1. The second-order valence-electron chi connectivity index (χ2n) is 1.82. The number of hydrogen-bond donors (Lipinski definition) is 3. The van der Waals surface area contributed by atoms with Crippen LogP contribution in [0.25, 0.3) is 0 Å². The average molecular weight is 132 g/mol. The number of carbonyl (C=O) groups is 1. The fourth-order valence-corrected chi connectivity index (χ4v) is 0.472. The molecule has 9 heavy (non-hydrogen) atoms. The zero-order valence-electron chi connectivity index (χ0n) is 5.42. The highest BCUT2D eigenvalue weighted by atomic mass is 16.3. The Morgan fingerprint density at radius 2 is 2.44 bits per heavy atom. The lowest BCUT2D eigenvalue weighted by atomic mass is 10.3. The van der Waals surface area contributed by atoms with Crippen molar-refractivity contribution in [1.29, 1.82) is 0 Å². The fraction of sp³-hybridized carbons (Fsp3) is 0.800. The Morgan fingerprint density at radius 3 is 2.78 bits per heavy atom. The minimum atomic E-state index is -0.410. The second-order valence-corrected chi connectivity index (χ2v) is 1.82. The third-order valence-corrected chi connectivity index (χ3v) is 0.829. The van der Waals surface area contributed by atoms with Crippen molar-refractivity contribution in [3.63, 3.8) is 0 Å². The van der Waals surface area contributed by atoms with E-state index in [0.29, 0.717) is 6.42 Å². The van der Waals surface area contributed by atoms with Crippen LogP contribution in [0.5, 0.6) is 0 Å². The largest absolute Gasteiger partial charge is 0.396 e. The minimum Gasteiger partial charge on any atom is -0.396 e. The molecule has 0 aliphatic carbocycles. The molecule has 0 aliphatic heterocycles. The minimum absolute atomic E-state index is 0.00144. The molecule has 1 unspecified atom stereocenters. The molecule has 1 atom stereocenters. The molecule has 0 aromatic heterocycles. The highest BCUT2D eigenvalue weighted by molar-refractivity contribution is 5.73. The summed E-state index contributed by atoms with van der Waals surface area (Å²) in [5.74, 6) is -0.170. The zero-order chi connectivity index (χ0) is 7.28. The summed E-state index contributed by atoms with van der Waals surface area (Å²) in [5.41, 5.74) is 5.29. The number of aliphatic hydroxyl groups excluding tert-OH is 1. The molecular weight excluding hydrogens is 120 g/mol. The number of rotatable bonds is 3. The van der Waals surface area contributed by atoms with Gasteiger partial charge in [-0.3, -0.25) is 4.79 Å². The van der Waals surface area contributed by atoms with Gasteiger partial charge in [0.2, 0.25) is 5.91 Å². The molecule has 0 aromatic rings. The molecule has 0 radical (unpaired) electrons. The van der Waals surface area contributed by atoms with Gasteiger partial charge in [0, 0.05) is 20.0 Å². The molecule has 4 N–H and O–H groups in total. The number of amides is 1. The zero-order valence-corrected chi connectivity index (χ0v) is 5.42. The van der Waals surface area contributed by atoms with Gasteiger partial charge in [0.05, 0.1) is 6.17 Å². The smallest absolute Gasteiger partial charge is 0.218 e. The standard InChI is InChI=1S/C5H12N2O2/c1-4(9)7-5(6)2-3-8/h5,8H,2-3,6H2,1H3,(H,7,9). The molecule has 0 saturated heterocycles. The monoisotopic (exact) mass is 132 g/mol. The van der Waals surface area contributed by atoms with Crippen LogP contribution in [0.15, 0.2) is 0 Å². The lowest BCUT2D eigenvalue weighted by Gasteiger charge is -2.09. The van der Waals surface area contributed by atoms with Gasteiger partial charge >= 0.3 is 0 Å². The summed E-state index contributed by atoms with van der Waals surface area (Å²) < 4.78 is 0. The first kappa shape index (κ1) is 8.39. The van der Waals surface area contributed by atoms with E-state index >= 15 is 0 Å². The number of nitrogens with two attached hydrogens (primary N) is 1. The Hall–Kier alpha value is -0.610. The van der Waals surface area contributed by atoms with Crippen LogP contribution < -0.4 is 11.1 Å². The Labute approximate surface area is 54.0 Å². The lowest BCUT2D eigenvalue weighted by Crippen LogP contribution is -2.40. The van der Waals surface area contributed by atoms with Crippen LogP contribution in [0.2, 0.25) is 0 Å². The van der Waals surface area contributed by atoms with Gasteiger partial charge in [-0.25, -0.2) is 0 Å². The molecule has 4 nitrogen and oxygen atoms in total. The van der Waals surface area contributed by atoms with E-state index in [1.54, 1.807) is 0 Å². The van der Waals surface area contributed by atoms with E-state index in [-0.39, 0.29) is 12.5 Å². The molecule has 4 heteroatoms. The maximum atomic E-state index is 10.3. The second kappa shape index (κ2) is 4.29. The molecule has 0 heterocycles. The third kappa shape index (κ3) is 5.26. The Balaban J connectivity index is 3.26. The summed E-state index contributed by atoms with van der Waals surface area (Å²) in [6.45, 7) is 1.39. The topological polar surface area (TPSA) is 75.4 Å². The van der Waals surface area contributed by atoms with Crippen molar-refractivity contribution in [2.45, 2.75) is 19.5 Å². The molecule has 0 fully saturated rings. The van der Waals surface area contributed by atoms with Gasteiger partial charge in [0.15, 0.2) is 0 Å². The van der Waals surface area contributed by atoms with E-state index in [4.69, 9.17) is 10.8 Å². The summed E-state index contributed by atoms with van der Waals surface area (Å²) in [7, 11) is 0. The Bertz CT molecular complexity index is 95.0. The molecule has 0 saturated carbocycles. The quantitative estimate of drug-likeness (QED) is 0.422. The third-order valence-electron chi connectivity index (χ3n) is 0.829. The van der Waals surface area contributed by atoms with Crippen LogP contribution in [0.4, 0.5) is 0 Å². The Morgan fingerprint density at radius 1 is 1.89 bits per heavy atom. The van der Waals surface area contributed by atoms with Crippen molar-refractivity contribution in [3.05, 3.63) is 0 Å². The van der Waals surface area contributed by atoms with Crippen molar-refractivity contribution in [1.82, 2.24) is 5.32 Å². The molecule has 1 amide bonds. The van der Waals surface area contributed by atoms with Crippen LogP contribution in [-0.4, -0.2) is 23.8 Å². The van der Waals surface area contributed by atoms with Crippen molar-refractivity contribution in [2.24, 2.45) is 5.73 Å². The molecule has 0 aliphatic rings. The van der Waals surface area contributed by atoms with Crippen LogP contribution in [0.3, 0.4) is 0 Å². The van der Waals surface area contributed by atoms with Gasteiger partial charge in [-0.05, 0) is 0 Å². The summed E-state index contributed by atoms with van der Waals surface area (Å²) in [6.07, 6.45) is -0.00736. The van der Waals surface area contributed by atoms with Crippen molar-refractivity contribution in [2.75, 3.05) is 6.61 Å². The SMILES string of the molecule is CC(=O)NC(N)CCO. The highest BCUT2D eigenvalue weighted by Crippen LogP contribution is 1.79. The van der Waals surface area contributed by atoms with E-state index < -0.39 is 6.17 Å². The first-order valence-electron chi connectivity index (χ1n) is 2.80. The summed E-state index contributed by atoms with van der Waals surface area (Å²) in [4.78, 5) is 10.3. The predicted octanol–water partition coefficient (Wildman–Crippen LogP) is -1.21. The van der Waals surface area contributed by atoms with E-state index in [2.05, 4.69) is 5.32 Å². The maximum absolute atomic E-state index is 10.3. The van der Waals surface area contributed by atoms with Gasteiger partial charge in [-0.1, -0.05) is 0 Å². The normalized spacial score (nSPS) is 12.8. The number of carbonyl (C=O) groups excluding carboxylic acids is 1. The maximum Gasteiger partial charge on any atom is 0.218 e. The predicted molar refractivity (Wildman–Crippen MR) is 33.5 cm³/mol. The number of aliphatic hydroxyl groups is 1. The number of hydrogen-bond acceptors (Lipinski definition) is 3. The molecule has 54 valence electrons. The van der Waals surface area contributed by atoms with Crippen LogP contribution >= 0.6 is 0 Å². The first-order valence-corrected chi connectivity index (χ1v) is 2.80. The fourth-order valence-electron chi connectivity index (χ4n) is 0.472. The van der Waals surface area contributed by atoms with E-state index in [1.807, 2.05) is 0 Å². The van der Waals surface area contributed by atoms with Crippen LogP contribution in [-0.2, 0) is 4.79 Å². The van der Waals surface area contributed by atoms with Gasteiger partial charge in [0.25, 0.3) is 0 Å². The molecule has 0 bridgehead atoms. The first-order chi connectivity index (χ1) is 4.16. The van der Waals surface area contributed by atoms with Crippen molar-refractivity contribution in [3.8, 4) is 0 Å². The van der Waals surface area contributed by atoms with E-state index in [1.165, 1.54) is 6.92 Å². The summed E-state index contributed by atoms with van der Waals surface area (Å²) in [5, 5.41) is 10.7. The lowest BCUT2D eigenvalue weighted by molar-refractivity contribution is -0.119. The molecule has 0 spiro atoms. The molecular formula is C5H12N2O2. The van der Waals surface area contributed by atoms with Crippen LogP contribution in [0.1, 0.15) is 13.3 Å². The van der Waals surface area contributed by atoms with Gasteiger partial charge < -0.3 is 16.2 Å². The van der Waals surface area contributed by atoms with E-state index in [0.717, 1.165) is 0 Å². The van der Waals surface area contributed by atoms with Gasteiger partial charge in [-0.15, -0.1) is 0 Å². The average Bonchev–Trinajstić information content (AvgIpc) is 1.63. The van der Waals surface area contributed by atoms with E-state index in [9.17, 15) is 4.79 Å². The van der Waals surface area contributed by atoms with Crippen molar-refractivity contribution < 1.29 is 9.90 Å². The molecule has 0 aromatic carbocycles. The van der Waals surface area contributed by atoms with Gasteiger partial charge in [0.1, 0.15) is 0 Å². The van der Waals surface area contributed by atoms with Crippen molar-refractivity contribution >= 4 is 5.91 Å². The summed E-state index contributed by atoms with van der Waals surface area (Å²) >= 11 is 0. The summed E-state index contributed by atoms with van der Waals surface area (Å²) in [6, 6.07) is 0. The Kier molecular flexibility index (Phi) is 4.00. The highest BCUT2D eigenvalue weighted by Gasteiger charge is 2.00. The van der Waals surface area contributed by atoms with Gasteiger partial charge in [-0.2, -0.15) is 0 Å².